The van der Waals surface area contributed by atoms with Gasteiger partial charge in [0.25, 0.3) is 5.91 Å². The van der Waals surface area contributed by atoms with Crippen LogP contribution >= 0.6 is 0 Å². The van der Waals surface area contributed by atoms with Gasteiger partial charge >= 0.3 is 6.18 Å². The maximum Gasteiger partial charge on any atom is 0.435 e. The van der Waals surface area contributed by atoms with E-state index in [2.05, 4.69) is 10.4 Å². The molecule has 32 heavy (non-hydrogen) atoms. The molecule has 0 aliphatic heterocycles. The number of aromatic nitrogens is 2. The Morgan fingerprint density at radius 2 is 1.97 bits per heavy atom. The summed E-state index contributed by atoms with van der Waals surface area (Å²) < 4.78 is 42.6. The second kappa shape index (κ2) is 8.10. The van der Waals surface area contributed by atoms with Gasteiger partial charge in [-0.15, -0.1) is 0 Å². The maximum absolute atomic E-state index is 13.7. The Hall–Kier alpha value is -2.55. The normalized spacial score (nSPS) is 22.9. The molecule has 1 aromatic heterocycles. The van der Waals surface area contributed by atoms with Crippen LogP contribution in [-0.2, 0) is 19.0 Å². The van der Waals surface area contributed by atoms with Crippen LogP contribution in [0, 0.1) is 5.41 Å². The molecular weight excluding hydrogens is 419 g/mol. The first-order valence-electron chi connectivity index (χ1n) is 11.1. The number of nitrogens with one attached hydrogen (secondary N) is 1. The van der Waals surface area contributed by atoms with E-state index in [0.29, 0.717) is 36.3 Å². The number of carbonyl (C=O) groups excluding carboxylic acids is 1. The zero-order chi connectivity index (χ0) is 23.3. The molecule has 2 aliphatic carbocycles. The van der Waals surface area contributed by atoms with Crippen LogP contribution in [0.3, 0.4) is 0 Å². The number of nitrogens with two attached hydrogens (primary N) is 2. The highest BCUT2D eigenvalue weighted by atomic mass is 19.4. The first-order chi connectivity index (χ1) is 15.0. The summed E-state index contributed by atoms with van der Waals surface area (Å²) in [5.41, 5.74) is 12.9. The fourth-order valence-corrected chi connectivity index (χ4v) is 4.91. The van der Waals surface area contributed by atoms with Crippen LogP contribution in [0.1, 0.15) is 73.3 Å². The lowest BCUT2D eigenvalue weighted by atomic mass is 9.76. The van der Waals surface area contributed by atoms with Crippen molar-refractivity contribution in [1.82, 2.24) is 9.78 Å². The molecular formula is C23H30F3N5O. The molecule has 1 amide bonds. The quantitative estimate of drug-likeness (QED) is 0.652. The molecule has 2 aliphatic rings. The van der Waals surface area contributed by atoms with Gasteiger partial charge in [-0.2, -0.15) is 18.3 Å². The number of amides is 1. The van der Waals surface area contributed by atoms with Crippen LogP contribution in [0.15, 0.2) is 18.2 Å². The Balaban J connectivity index is 1.80. The second-order valence-corrected chi connectivity index (χ2v) is 9.82. The number of anilines is 1. The minimum atomic E-state index is -4.53. The van der Waals surface area contributed by atoms with Gasteiger partial charge in [0, 0.05) is 29.0 Å². The summed E-state index contributed by atoms with van der Waals surface area (Å²) in [6.07, 6.45) is 0.762. The van der Waals surface area contributed by atoms with E-state index in [1.54, 1.807) is 18.2 Å². The van der Waals surface area contributed by atoms with Crippen molar-refractivity contribution in [1.29, 1.82) is 0 Å². The highest BCUT2D eigenvalue weighted by molar-refractivity contribution is 5.99. The summed E-state index contributed by atoms with van der Waals surface area (Å²) in [4.78, 5) is 12.0. The Morgan fingerprint density at radius 1 is 1.25 bits per heavy atom. The van der Waals surface area contributed by atoms with E-state index >= 15 is 0 Å². The molecule has 0 radical (unpaired) electrons. The molecule has 9 heteroatoms. The zero-order valence-corrected chi connectivity index (χ0v) is 18.4. The van der Waals surface area contributed by atoms with Gasteiger partial charge in [0.2, 0.25) is 0 Å². The fourth-order valence-electron chi connectivity index (χ4n) is 4.91. The standard InChI is InChI=1S/C23H30F3N5O/c1-22(2)10-9-15-19(12-22)31(30-20(15)23(24,25)26)13-7-8-14(21(28)32)18(11-13)29-17-6-4-3-5-16(17)27/h7-8,11,16-17,29H,3-6,9-10,12,27H2,1-2H3,(H2,28,32)/t16-,17+/m0/s1. The molecule has 1 fully saturated rings. The molecule has 0 bridgehead atoms. The average Bonchev–Trinajstić information content (AvgIpc) is 3.07. The summed E-state index contributed by atoms with van der Waals surface area (Å²) in [6.45, 7) is 4.10. The molecule has 174 valence electrons. The van der Waals surface area contributed by atoms with E-state index in [4.69, 9.17) is 11.5 Å². The Bertz CT molecular complexity index is 1030. The summed E-state index contributed by atoms with van der Waals surface area (Å²) >= 11 is 0. The lowest BCUT2D eigenvalue weighted by molar-refractivity contribution is -0.142. The first-order valence-corrected chi connectivity index (χ1v) is 11.1. The Labute approximate surface area is 185 Å². The van der Waals surface area contributed by atoms with Crippen molar-refractivity contribution in [2.24, 2.45) is 16.9 Å². The minimum Gasteiger partial charge on any atom is -0.380 e. The topological polar surface area (TPSA) is 99.0 Å². The van der Waals surface area contributed by atoms with Crippen molar-refractivity contribution in [3.05, 3.63) is 40.7 Å². The van der Waals surface area contributed by atoms with Crippen LogP contribution < -0.4 is 16.8 Å². The third-order valence-electron chi connectivity index (χ3n) is 6.73. The van der Waals surface area contributed by atoms with Gasteiger partial charge < -0.3 is 16.8 Å². The van der Waals surface area contributed by atoms with Crippen molar-refractivity contribution in [2.45, 2.75) is 77.1 Å². The highest BCUT2D eigenvalue weighted by Gasteiger charge is 2.42. The molecule has 0 unspecified atom stereocenters. The number of nitrogens with zero attached hydrogens (tertiary/aromatic N) is 2. The van der Waals surface area contributed by atoms with Gasteiger partial charge in [0.05, 0.1) is 11.3 Å². The van der Waals surface area contributed by atoms with E-state index in [1.807, 2.05) is 13.8 Å². The van der Waals surface area contributed by atoms with Crippen LogP contribution in [0.4, 0.5) is 18.9 Å². The van der Waals surface area contributed by atoms with Crippen molar-refractivity contribution in [3.63, 3.8) is 0 Å². The average molecular weight is 450 g/mol. The summed E-state index contributed by atoms with van der Waals surface area (Å²) in [7, 11) is 0. The number of alkyl halides is 3. The lowest BCUT2D eigenvalue weighted by Gasteiger charge is -2.31. The van der Waals surface area contributed by atoms with Crippen molar-refractivity contribution < 1.29 is 18.0 Å². The smallest absolute Gasteiger partial charge is 0.380 e. The van der Waals surface area contributed by atoms with Crippen LogP contribution in [-0.4, -0.2) is 27.8 Å². The monoisotopic (exact) mass is 449 g/mol. The number of rotatable bonds is 4. The third kappa shape index (κ3) is 4.35. The predicted octanol–water partition coefficient (Wildman–Crippen LogP) is 4.19. The van der Waals surface area contributed by atoms with Crippen LogP contribution in [0.2, 0.25) is 0 Å². The second-order valence-electron chi connectivity index (χ2n) is 9.82. The Kier molecular flexibility index (Phi) is 5.73. The van der Waals surface area contributed by atoms with Crippen LogP contribution in [0.25, 0.3) is 5.69 Å². The summed E-state index contributed by atoms with van der Waals surface area (Å²) in [5, 5.41) is 7.33. The number of primary amides is 1. The minimum absolute atomic E-state index is 0.0340. The largest absolute Gasteiger partial charge is 0.435 e. The predicted molar refractivity (Wildman–Crippen MR) is 117 cm³/mol. The number of hydrogen-bond acceptors (Lipinski definition) is 4. The number of fused-ring (bicyclic) bond motifs is 1. The zero-order valence-electron chi connectivity index (χ0n) is 18.4. The Morgan fingerprint density at radius 3 is 2.62 bits per heavy atom. The number of benzene rings is 1. The SMILES string of the molecule is CC1(C)CCc2c(C(F)(F)F)nn(-c3ccc(C(N)=O)c(N[C@@H]4CCCC[C@@H]4N)c3)c2C1. The molecule has 2 aromatic rings. The van der Waals surface area contributed by atoms with Gasteiger partial charge in [0.1, 0.15) is 0 Å². The molecule has 0 saturated heterocycles. The van der Waals surface area contributed by atoms with Crippen molar-refractivity contribution in [3.8, 4) is 5.69 Å². The van der Waals surface area contributed by atoms with E-state index in [-0.39, 0.29) is 28.6 Å². The van der Waals surface area contributed by atoms with Gasteiger partial charge in [-0.1, -0.05) is 26.7 Å². The number of hydrogen-bond donors (Lipinski definition) is 3. The molecule has 5 N–H and O–H groups in total. The van der Waals surface area contributed by atoms with E-state index < -0.39 is 17.8 Å². The third-order valence-corrected chi connectivity index (χ3v) is 6.73. The number of carbonyl (C=O) groups is 1. The molecule has 0 spiro atoms. The molecule has 1 heterocycles. The van der Waals surface area contributed by atoms with Gasteiger partial charge in [-0.3, -0.25) is 4.79 Å². The summed E-state index contributed by atoms with van der Waals surface area (Å²) in [6, 6.07) is 4.71. The van der Waals surface area contributed by atoms with Gasteiger partial charge in [0.15, 0.2) is 5.69 Å². The van der Waals surface area contributed by atoms with E-state index in [1.165, 1.54) is 4.68 Å². The van der Waals surface area contributed by atoms with E-state index in [9.17, 15) is 18.0 Å². The highest BCUT2D eigenvalue weighted by Crippen LogP contribution is 2.42. The molecule has 1 aromatic carbocycles. The maximum atomic E-state index is 13.7. The van der Waals surface area contributed by atoms with Crippen molar-refractivity contribution in [2.75, 3.05) is 5.32 Å². The van der Waals surface area contributed by atoms with Crippen molar-refractivity contribution >= 4 is 11.6 Å². The molecule has 4 rings (SSSR count). The fraction of sp³-hybridized carbons (Fsp3) is 0.565. The molecule has 2 atom stereocenters. The first kappa shape index (κ1) is 22.6. The lowest BCUT2D eigenvalue weighted by Crippen LogP contribution is -2.43. The van der Waals surface area contributed by atoms with E-state index in [0.717, 1.165) is 25.7 Å². The molecule has 1 saturated carbocycles. The molecule has 6 nitrogen and oxygen atoms in total. The number of halogens is 3. The van der Waals surface area contributed by atoms with Crippen LogP contribution in [0.5, 0.6) is 0 Å². The van der Waals surface area contributed by atoms with Gasteiger partial charge in [-0.25, -0.2) is 4.68 Å². The van der Waals surface area contributed by atoms with Gasteiger partial charge in [-0.05, 0) is 55.7 Å². The summed E-state index contributed by atoms with van der Waals surface area (Å²) in [5.74, 6) is -0.608.